The first-order valence-electron chi connectivity index (χ1n) is 9.74. The van der Waals surface area contributed by atoms with Gasteiger partial charge in [0.05, 0.1) is 6.04 Å². The van der Waals surface area contributed by atoms with Gasteiger partial charge < -0.3 is 4.52 Å². The number of halogens is 1. The molecule has 0 amide bonds. The van der Waals surface area contributed by atoms with E-state index < -0.39 is 0 Å². The molecular formula is C22H25ClN4O. The summed E-state index contributed by atoms with van der Waals surface area (Å²) in [5.74, 6) is 1.27. The molecule has 146 valence electrons. The van der Waals surface area contributed by atoms with Crippen molar-refractivity contribution in [3.05, 3.63) is 71.1 Å². The third-order valence-electron chi connectivity index (χ3n) is 5.63. The summed E-state index contributed by atoms with van der Waals surface area (Å²) < 4.78 is 5.56. The maximum Gasteiger partial charge on any atom is 0.244 e. The zero-order valence-electron chi connectivity index (χ0n) is 16.3. The fourth-order valence-electron chi connectivity index (χ4n) is 3.73. The topological polar surface area (TPSA) is 45.4 Å². The average Bonchev–Trinajstić information content (AvgIpc) is 3.24. The highest BCUT2D eigenvalue weighted by Gasteiger charge is 2.28. The molecule has 1 saturated heterocycles. The van der Waals surface area contributed by atoms with Gasteiger partial charge in [-0.15, -0.1) is 0 Å². The summed E-state index contributed by atoms with van der Waals surface area (Å²) in [6.45, 7) is 8.44. The predicted molar refractivity (Wildman–Crippen MR) is 111 cm³/mol. The van der Waals surface area contributed by atoms with E-state index in [4.69, 9.17) is 16.1 Å². The van der Waals surface area contributed by atoms with Crippen molar-refractivity contribution in [2.75, 3.05) is 26.2 Å². The van der Waals surface area contributed by atoms with Crippen LogP contribution >= 0.6 is 11.6 Å². The van der Waals surface area contributed by atoms with Crippen molar-refractivity contribution in [2.45, 2.75) is 25.9 Å². The number of benzene rings is 2. The van der Waals surface area contributed by atoms with Gasteiger partial charge in [-0.3, -0.25) is 9.80 Å². The molecule has 1 aliphatic rings. The van der Waals surface area contributed by atoms with Crippen LogP contribution in [0.2, 0.25) is 5.02 Å². The molecule has 0 unspecified atom stereocenters. The molecule has 3 aromatic rings. The molecule has 2 aromatic carbocycles. The molecule has 0 saturated carbocycles. The van der Waals surface area contributed by atoms with E-state index >= 15 is 0 Å². The lowest BCUT2D eigenvalue weighted by atomic mass is 10.1. The van der Waals surface area contributed by atoms with Crippen molar-refractivity contribution in [2.24, 2.45) is 0 Å². The molecule has 1 fully saturated rings. The minimum absolute atomic E-state index is 0.0998. The van der Waals surface area contributed by atoms with Gasteiger partial charge in [-0.05, 0) is 43.7 Å². The maximum absolute atomic E-state index is 5.95. The highest BCUT2D eigenvalue weighted by Crippen LogP contribution is 2.27. The highest BCUT2D eigenvalue weighted by atomic mass is 35.5. The molecule has 0 aliphatic carbocycles. The van der Waals surface area contributed by atoms with Crippen LogP contribution in [0.25, 0.3) is 11.4 Å². The Morgan fingerprint density at radius 1 is 0.857 bits per heavy atom. The number of hydrogen-bond donors (Lipinski definition) is 0. The van der Waals surface area contributed by atoms with E-state index in [1.54, 1.807) is 0 Å². The van der Waals surface area contributed by atoms with Crippen molar-refractivity contribution in [3.63, 3.8) is 0 Å². The van der Waals surface area contributed by atoms with E-state index in [0.29, 0.717) is 22.8 Å². The number of piperazine rings is 1. The van der Waals surface area contributed by atoms with Crippen LogP contribution in [0.1, 0.15) is 37.4 Å². The first-order chi connectivity index (χ1) is 13.6. The first-order valence-corrected chi connectivity index (χ1v) is 10.1. The smallest absolute Gasteiger partial charge is 0.244 e. The summed E-state index contributed by atoms with van der Waals surface area (Å²) in [7, 11) is 0. The van der Waals surface area contributed by atoms with E-state index in [1.165, 1.54) is 5.56 Å². The summed E-state index contributed by atoms with van der Waals surface area (Å²) in [6, 6.07) is 18.7. The van der Waals surface area contributed by atoms with Crippen LogP contribution in [-0.2, 0) is 0 Å². The summed E-state index contributed by atoms with van der Waals surface area (Å²) in [4.78, 5) is 9.55. The third-order valence-corrected chi connectivity index (χ3v) is 5.88. The van der Waals surface area contributed by atoms with Gasteiger partial charge in [0.15, 0.2) is 0 Å². The second-order valence-corrected chi connectivity index (χ2v) is 7.73. The fraction of sp³-hybridized carbons (Fsp3) is 0.364. The van der Waals surface area contributed by atoms with Gasteiger partial charge in [0.25, 0.3) is 0 Å². The Hall–Kier alpha value is -2.21. The van der Waals surface area contributed by atoms with E-state index in [-0.39, 0.29) is 6.04 Å². The van der Waals surface area contributed by atoms with Gasteiger partial charge in [0.1, 0.15) is 0 Å². The van der Waals surface area contributed by atoms with E-state index in [2.05, 4.69) is 64.1 Å². The maximum atomic E-state index is 5.95. The molecular weight excluding hydrogens is 372 g/mol. The second kappa shape index (κ2) is 8.43. The van der Waals surface area contributed by atoms with Crippen LogP contribution in [0.15, 0.2) is 59.1 Å². The number of rotatable bonds is 5. The van der Waals surface area contributed by atoms with Gasteiger partial charge in [-0.1, -0.05) is 47.1 Å². The molecule has 1 aliphatic heterocycles. The van der Waals surface area contributed by atoms with E-state index in [9.17, 15) is 0 Å². The Labute approximate surface area is 170 Å². The molecule has 6 heteroatoms. The minimum atomic E-state index is 0.0998. The number of nitrogens with zero attached hydrogens (tertiary/aromatic N) is 4. The normalized spacial score (nSPS) is 18.1. The van der Waals surface area contributed by atoms with E-state index in [1.807, 2.05) is 24.3 Å². The predicted octanol–water partition coefficient (Wildman–Crippen LogP) is 4.83. The van der Waals surface area contributed by atoms with Crippen LogP contribution in [0.3, 0.4) is 0 Å². The standard InChI is InChI=1S/C22H25ClN4O/c1-16(18-6-4-3-5-7-18)26-12-14-27(15-13-26)17(2)22-24-21(25-28-22)19-8-10-20(23)11-9-19/h3-11,16-17H,12-15H2,1-2H3/t16-,17+/m1/s1. The summed E-state index contributed by atoms with van der Waals surface area (Å²) in [5.41, 5.74) is 2.28. The second-order valence-electron chi connectivity index (χ2n) is 7.30. The summed E-state index contributed by atoms with van der Waals surface area (Å²) in [6.07, 6.45) is 0. The number of hydrogen-bond acceptors (Lipinski definition) is 5. The third kappa shape index (κ3) is 4.12. The molecule has 0 radical (unpaired) electrons. The quantitative estimate of drug-likeness (QED) is 0.618. The van der Waals surface area contributed by atoms with E-state index in [0.717, 1.165) is 31.7 Å². The molecule has 2 atom stereocenters. The Morgan fingerprint density at radius 2 is 1.46 bits per heavy atom. The van der Waals surface area contributed by atoms with Gasteiger partial charge in [0.2, 0.25) is 11.7 Å². The van der Waals surface area contributed by atoms with Crippen LogP contribution in [0.5, 0.6) is 0 Å². The van der Waals surface area contributed by atoms with Crippen molar-refractivity contribution >= 4 is 11.6 Å². The SMILES string of the molecule is C[C@H](c1ccccc1)N1CCN([C@@H](C)c2nc(-c3ccc(Cl)cc3)no2)CC1. The van der Waals surface area contributed by atoms with Crippen LogP contribution in [-0.4, -0.2) is 46.1 Å². The zero-order valence-corrected chi connectivity index (χ0v) is 17.0. The van der Waals surface area contributed by atoms with Crippen LogP contribution < -0.4 is 0 Å². The Morgan fingerprint density at radius 3 is 2.11 bits per heavy atom. The molecule has 2 heterocycles. The summed E-state index contributed by atoms with van der Waals surface area (Å²) in [5, 5.41) is 4.85. The van der Waals surface area contributed by atoms with Gasteiger partial charge in [-0.2, -0.15) is 4.98 Å². The van der Waals surface area contributed by atoms with Crippen LogP contribution in [0.4, 0.5) is 0 Å². The lowest BCUT2D eigenvalue weighted by Crippen LogP contribution is -2.47. The average molecular weight is 397 g/mol. The van der Waals surface area contributed by atoms with Crippen molar-refractivity contribution in [1.82, 2.24) is 19.9 Å². The molecule has 28 heavy (non-hydrogen) atoms. The lowest BCUT2D eigenvalue weighted by Gasteiger charge is -2.39. The first kappa shape index (κ1) is 19.1. The Balaban J connectivity index is 1.38. The molecule has 4 rings (SSSR count). The molecule has 1 aromatic heterocycles. The summed E-state index contributed by atoms with van der Waals surface area (Å²) >= 11 is 5.95. The van der Waals surface area contributed by atoms with Crippen molar-refractivity contribution in [3.8, 4) is 11.4 Å². The fourth-order valence-corrected chi connectivity index (χ4v) is 3.86. The zero-order chi connectivity index (χ0) is 19.5. The highest BCUT2D eigenvalue weighted by molar-refractivity contribution is 6.30. The van der Waals surface area contributed by atoms with Gasteiger partial charge in [-0.25, -0.2) is 0 Å². The van der Waals surface area contributed by atoms with Gasteiger partial charge in [0, 0.05) is 42.8 Å². The minimum Gasteiger partial charge on any atom is -0.337 e. The number of aromatic nitrogens is 2. The van der Waals surface area contributed by atoms with Crippen molar-refractivity contribution in [1.29, 1.82) is 0 Å². The Bertz CT molecular complexity index is 888. The largest absolute Gasteiger partial charge is 0.337 e. The molecule has 0 N–H and O–H groups in total. The molecule has 5 nitrogen and oxygen atoms in total. The lowest BCUT2D eigenvalue weighted by molar-refractivity contribution is 0.0678. The Kier molecular flexibility index (Phi) is 5.76. The van der Waals surface area contributed by atoms with Crippen molar-refractivity contribution < 1.29 is 4.52 Å². The molecule has 0 bridgehead atoms. The van der Waals surface area contributed by atoms with Gasteiger partial charge >= 0.3 is 0 Å². The van der Waals surface area contributed by atoms with Crippen LogP contribution in [0, 0.1) is 0 Å². The monoisotopic (exact) mass is 396 g/mol. The molecule has 0 spiro atoms.